The predicted molar refractivity (Wildman–Crippen MR) is 136 cm³/mol. The number of furan rings is 1. The topological polar surface area (TPSA) is 83.1 Å². The molecule has 6 nitrogen and oxygen atoms in total. The standard InChI is InChI=1S/C27H30FNO5S/c1-4-29(5-2)13-6-7-18-15-20(28)9-11-24(18)35-17-19-8-10-22(21-12-14-34-23(21)16-30)26(31)25(19)27(32)33-3/h6-12,14-15,30-31H,4-5,13,16-17H2,1-3H3/b7-6-. The molecular weight excluding hydrogens is 469 g/mol. The van der Waals surface area contributed by atoms with Crippen molar-refractivity contribution in [2.45, 2.75) is 31.1 Å². The number of methoxy groups -OCH3 is 1. The molecule has 0 amide bonds. The predicted octanol–water partition coefficient (Wildman–Crippen LogP) is 5.72. The molecule has 35 heavy (non-hydrogen) atoms. The van der Waals surface area contributed by atoms with E-state index in [-0.39, 0.29) is 29.5 Å². The lowest BCUT2D eigenvalue weighted by atomic mass is 9.98. The number of hydrogen-bond acceptors (Lipinski definition) is 7. The minimum absolute atomic E-state index is 0.0447. The summed E-state index contributed by atoms with van der Waals surface area (Å²) in [5.74, 6) is -0.615. The number of likely N-dealkylation sites (N-methyl/N-ethyl adjacent to an activating group) is 1. The Balaban J connectivity index is 1.90. The van der Waals surface area contributed by atoms with Crippen molar-refractivity contribution in [1.29, 1.82) is 0 Å². The molecule has 8 heteroatoms. The fourth-order valence-corrected chi connectivity index (χ4v) is 4.76. The van der Waals surface area contributed by atoms with Gasteiger partial charge < -0.3 is 24.3 Å². The number of ether oxygens (including phenoxy) is 1. The number of hydrogen-bond donors (Lipinski definition) is 2. The molecule has 0 atom stereocenters. The molecule has 0 bridgehead atoms. The minimum Gasteiger partial charge on any atom is -0.506 e. The Kier molecular flexibility index (Phi) is 9.54. The summed E-state index contributed by atoms with van der Waals surface area (Å²) in [6.07, 6.45) is 5.32. The number of aliphatic hydroxyl groups excluding tert-OH is 1. The van der Waals surface area contributed by atoms with Gasteiger partial charge in [-0.05, 0) is 48.5 Å². The van der Waals surface area contributed by atoms with Crippen LogP contribution in [0.15, 0.2) is 58.1 Å². The van der Waals surface area contributed by atoms with Crippen molar-refractivity contribution >= 4 is 23.8 Å². The summed E-state index contributed by atoms with van der Waals surface area (Å²) in [5, 5.41) is 20.5. The lowest BCUT2D eigenvalue weighted by molar-refractivity contribution is 0.0596. The number of rotatable bonds is 11. The second-order valence-corrected chi connectivity index (χ2v) is 8.78. The Morgan fingerprint density at radius 2 is 1.94 bits per heavy atom. The molecule has 3 rings (SSSR count). The molecule has 0 radical (unpaired) electrons. The summed E-state index contributed by atoms with van der Waals surface area (Å²) >= 11 is 1.43. The van der Waals surface area contributed by atoms with Gasteiger partial charge in [0.1, 0.15) is 29.5 Å². The molecule has 0 spiro atoms. The van der Waals surface area contributed by atoms with E-state index in [1.807, 2.05) is 12.2 Å². The number of phenolic OH excluding ortho intramolecular Hbond substituents is 1. The van der Waals surface area contributed by atoms with E-state index in [0.717, 1.165) is 30.1 Å². The van der Waals surface area contributed by atoms with Crippen LogP contribution in [0.5, 0.6) is 5.75 Å². The van der Waals surface area contributed by atoms with Crippen molar-refractivity contribution < 1.29 is 28.6 Å². The van der Waals surface area contributed by atoms with Crippen LogP contribution < -0.4 is 0 Å². The van der Waals surface area contributed by atoms with E-state index in [0.29, 0.717) is 22.4 Å². The monoisotopic (exact) mass is 499 g/mol. The highest BCUT2D eigenvalue weighted by molar-refractivity contribution is 7.98. The first-order valence-corrected chi connectivity index (χ1v) is 12.3. The number of halogens is 1. The molecule has 2 aromatic carbocycles. The first kappa shape index (κ1) is 26.5. The van der Waals surface area contributed by atoms with Crippen LogP contribution in [0.2, 0.25) is 0 Å². The fourth-order valence-electron chi connectivity index (χ4n) is 3.75. The molecular formula is C27H30FNO5S. The molecule has 1 aromatic heterocycles. The number of nitrogens with zero attached hydrogens (tertiary/aromatic N) is 1. The normalized spacial score (nSPS) is 11.5. The molecule has 1 heterocycles. The van der Waals surface area contributed by atoms with Crippen LogP contribution in [0, 0.1) is 5.82 Å². The molecule has 2 N–H and O–H groups in total. The van der Waals surface area contributed by atoms with Crippen molar-refractivity contribution in [2.75, 3.05) is 26.7 Å². The van der Waals surface area contributed by atoms with Gasteiger partial charge >= 0.3 is 5.97 Å². The molecule has 0 aliphatic rings. The zero-order valence-corrected chi connectivity index (χ0v) is 20.9. The molecule has 0 unspecified atom stereocenters. The summed E-state index contributed by atoms with van der Waals surface area (Å²) in [5.41, 5.74) is 2.21. The maximum Gasteiger partial charge on any atom is 0.341 e. The Morgan fingerprint density at radius 1 is 1.17 bits per heavy atom. The van der Waals surface area contributed by atoms with Crippen LogP contribution in [0.4, 0.5) is 4.39 Å². The van der Waals surface area contributed by atoms with Crippen LogP contribution >= 0.6 is 11.8 Å². The highest BCUT2D eigenvalue weighted by Crippen LogP contribution is 2.39. The number of aliphatic hydroxyl groups is 1. The third kappa shape index (κ3) is 6.33. The molecule has 186 valence electrons. The molecule has 3 aromatic rings. The van der Waals surface area contributed by atoms with Gasteiger partial charge in [0.25, 0.3) is 0 Å². The summed E-state index contributed by atoms with van der Waals surface area (Å²) in [4.78, 5) is 15.7. The SMILES string of the molecule is CCN(CC)C/C=C\c1cc(F)ccc1SCc1ccc(-c2ccoc2CO)c(O)c1C(=O)OC. The van der Waals surface area contributed by atoms with Crippen molar-refractivity contribution in [3.8, 4) is 16.9 Å². The van der Waals surface area contributed by atoms with Gasteiger partial charge in [-0.3, -0.25) is 0 Å². The van der Waals surface area contributed by atoms with Crippen molar-refractivity contribution in [3.63, 3.8) is 0 Å². The largest absolute Gasteiger partial charge is 0.506 e. The lowest BCUT2D eigenvalue weighted by Gasteiger charge is -2.15. The van der Waals surface area contributed by atoms with Gasteiger partial charge in [0.15, 0.2) is 0 Å². The highest BCUT2D eigenvalue weighted by atomic mass is 32.2. The second-order valence-electron chi connectivity index (χ2n) is 7.76. The average molecular weight is 500 g/mol. The summed E-state index contributed by atoms with van der Waals surface area (Å²) < 4.78 is 24.1. The number of benzene rings is 2. The molecule has 0 saturated heterocycles. The zero-order chi connectivity index (χ0) is 25.4. The van der Waals surface area contributed by atoms with Gasteiger partial charge in [0.2, 0.25) is 0 Å². The number of phenols is 1. The third-order valence-corrected chi connectivity index (χ3v) is 6.88. The molecule has 0 aliphatic carbocycles. The number of aromatic hydroxyl groups is 1. The number of thioether (sulfide) groups is 1. The Labute approximate surface area is 209 Å². The van der Waals surface area contributed by atoms with Gasteiger partial charge in [-0.25, -0.2) is 9.18 Å². The number of carbonyl (C=O) groups excluding carboxylic acids is 1. The van der Waals surface area contributed by atoms with E-state index in [1.54, 1.807) is 24.3 Å². The van der Waals surface area contributed by atoms with Crippen LogP contribution in [0.3, 0.4) is 0 Å². The van der Waals surface area contributed by atoms with Crippen LogP contribution in [0.1, 0.15) is 41.1 Å². The quantitative estimate of drug-likeness (QED) is 0.258. The Morgan fingerprint density at radius 3 is 2.63 bits per heavy atom. The van der Waals surface area contributed by atoms with E-state index in [9.17, 15) is 19.4 Å². The Hall–Kier alpha value is -3.07. The lowest BCUT2D eigenvalue weighted by Crippen LogP contribution is -2.22. The van der Waals surface area contributed by atoms with Gasteiger partial charge in [-0.2, -0.15) is 0 Å². The van der Waals surface area contributed by atoms with E-state index >= 15 is 0 Å². The molecule has 0 fully saturated rings. The van der Waals surface area contributed by atoms with Crippen molar-refractivity contribution in [3.05, 3.63) is 77.0 Å². The first-order chi connectivity index (χ1) is 16.9. The fraction of sp³-hybridized carbons (Fsp3) is 0.296. The average Bonchev–Trinajstić information content (AvgIpc) is 3.34. The second kappa shape index (κ2) is 12.6. The Bertz CT molecular complexity index is 1190. The van der Waals surface area contributed by atoms with Crippen LogP contribution in [-0.4, -0.2) is 47.8 Å². The van der Waals surface area contributed by atoms with Crippen LogP contribution in [0.25, 0.3) is 17.2 Å². The zero-order valence-electron chi connectivity index (χ0n) is 20.1. The highest BCUT2D eigenvalue weighted by Gasteiger charge is 2.23. The third-order valence-electron chi connectivity index (χ3n) is 5.74. The van der Waals surface area contributed by atoms with Crippen LogP contribution in [-0.2, 0) is 17.1 Å². The molecule has 0 aliphatic heterocycles. The van der Waals surface area contributed by atoms with E-state index < -0.39 is 5.97 Å². The van der Waals surface area contributed by atoms with Gasteiger partial charge in [0.05, 0.1) is 13.4 Å². The molecule has 0 saturated carbocycles. The van der Waals surface area contributed by atoms with Crippen molar-refractivity contribution in [1.82, 2.24) is 4.90 Å². The number of esters is 1. The van der Waals surface area contributed by atoms with Gasteiger partial charge in [-0.15, -0.1) is 11.8 Å². The number of carbonyl (C=O) groups is 1. The summed E-state index contributed by atoms with van der Waals surface area (Å²) in [7, 11) is 1.25. The van der Waals surface area contributed by atoms with E-state index in [4.69, 9.17) is 9.15 Å². The van der Waals surface area contributed by atoms with Gasteiger partial charge in [-0.1, -0.05) is 38.1 Å². The summed E-state index contributed by atoms with van der Waals surface area (Å²) in [6, 6.07) is 9.63. The minimum atomic E-state index is -0.674. The van der Waals surface area contributed by atoms with Gasteiger partial charge in [0, 0.05) is 28.3 Å². The van der Waals surface area contributed by atoms with E-state index in [2.05, 4.69) is 18.7 Å². The van der Waals surface area contributed by atoms with Crippen molar-refractivity contribution in [2.24, 2.45) is 0 Å². The van der Waals surface area contributed by atoms with E-state index in [1.165, 1.54) is 37.3 Å². The maximum atomic E-state index is 14.0. The summed E-state index contributed by atoms with van der Waals surface area (Å²) in [6.45, 7) is 6.47. The first-order valence-electron chi connectivity index (χ1n) is 11.3. The smallest absolute Gasteiger partial charge is 0.341 e. The maximum absolute atomic E-state index is 14.0.